The summed E-state index contributed by atoms with van der Waals surface area (Å²) < 4.78 is 30.4. The van der Waals surface area contributed by atoms with Gasteiger partial charge in [0.2, 0.25) is 0 Å². The van der Waals surface area contributed by atoms with Crippen LogP contribution in [0.2, 0.25) is 0 Å². The van der Waals surface area contributed by atoms with Crippen molar-refractivity contribution in [3.8, 4) is 0 Å². The third kappa shape index (κ3) is 6.74. The molecule has 0 saturated heterocycles. The summed E-state index contributed by atoms with van der Waals surface area (Å²) in [6.07, 6.45) is -0.543. The molecule has 0 fully saturated rings. The second kappa shape index (κ2) is 7.07. The molecule has 0 saturated carbocycles. The molecule has 17 heavy (non-hydrogen) atoms. The third-order valence-electron chi connectivity index (χ3n) is 1.67. The SMILES string of the molecule is CCC[C@@H](NS(=O)(=O)NC(=O)OCC)C(=O)O. The number of hydrogen-bond donors (Lipinski definition) is 3. The predicted molar refractivity (Wildman–Crippen MR) is 58.5 cm³/mol. The molecule has 0 aliphatic heterocycles. The van der Waals surface area contributed by atoms with E-state index in [9.17, 15) is 18.0 Å². The van der Waals surface area contributed by atoms with Gasteiger partial charge in [0.1, 0.15) is 6.04 Å². The molecule has 0 bridgehead atoms. The van der Waals surface area contributed by atoms with Gasteiger partial charge in [0.25, 0.3) is 0 Å². The number of carbonyl (C=O) groups is 2. The van der Waals surface area contributed by atoms with Crippen molar-refractivity contribution in [3.63, 3.8) is 0 Å². The first-order chi connectivity index (χ1) is 7.82. The van der Waals surface area contributed by atoms with Gasteiger partial charge >= 0.3 is 22.3 Å². The highest BCUT2D eigenvalue weighted by molar-refractivity contribution is 7.88. The van der Waals surface area contributed by atoms with Gasteiger partial charge in [-0.2, -0.15) is 13.1 Å². The zero-order valence-corrected chi connectivity index (χ0v) is 10.4. The summed E-state index contributed by atoms with van der Waals surface area (Å²) in [5.41, 5.74) is 0. The quantitative estimate of drug-likeness (QED) is 0.588. The van der Waals surface area contributed by atoms with Crippen molar-refractivity contribution in [2.45, 2.75) is 32.7 Å². The van der Waals surface area contributed by atoms with E-state index in [4.69, 9.17) is 5.11 Å². The van der Waals surface area contributed by atoms with Crippen molar-refractivity contribution in [1.29, 1.82) is 0 Å². The van der Waals surface area contributed by atoms with Gasteiger partial charge < -0.3 is 9.84 Å². The van der Waals surface area contributed by atoms with Crippen LogP contribution < -0.4 is 9.44 Å². The van der Waals surface area contributed by atoms with Gasteiger partial charge in [-0.15, -0.1) is 0 Å². The molecule has 0 aliphatic rings. The topological polar surface area (TPSA) is 122 Å². The number of ether oxygens (including phenoxy) is 1. The zero-order valence-electron chi connectivity index (χ0n) is 9.60. The summed E-state index contributed by atoms with van der Waals surface area (Å²) in [6, 6.07) is -1.27. The van der Waals surface area contributed by atoms with E-state index in [1.807, 2.05) is 4.72 Å². The maximum absolute atomic E-state index is 11.3. The number of amides is 1. The van der Waals surface area contributed by atoms with Crippen LogP contribution in [0.5, 0.6) is 0 Å². The largest absolute Gasteiger partial charge is 0.480 e. The molecule has 0 radical (unpaired) electrons. The Morgan fingerprint density at radius 3 is 2.35 bits per heavy atom. The first-order valence-electron chi connectivity index (χ1n) is 5.02. The van der Waals surface area contributed by atoms with Gasteiger partial charge in [-0.1, -0.05) is 13.3 Å². The number of nitrogens with one attached hydrogen (secondary N) is 2. The minimum atomic E-state index is -4.22. The van der Waals surface area contributed by atoms with Crippen LogP contribution in [0.3, 0.4) is 0 Å². The summed E-state index contributed by atoms with van der Waals surface area (Å²) in [5, 5.41) is 8.73. The lowest BCUT2D eigenvalue weighted by Crippen LogP contribution is -2.48. The van der Waals surface area contributed by atoms with Crippen molar-refractivity contribution in [2.24, 2.45) is 0 Å². The average Bonchev–Trinajstić information content (AvgIpc) is 2.15. The highest BCUT2D eigenvalue weighted by Gasteiger charge is 2.24. The molecule has 0 rings (SSSR count). The van der Waals surface area contributed by atoms with Gasteiger partial charge in [-0.3, -0.25) is 4.79 Å². The van der Waals surface area contributed by atoms with E-state index in [1.54, 1.807) is 6.92 Å². The van der Waals surface area contributed by atoms with Crippen molar-refractivity contribution < 1.29 is 27.9 Å². The molecule has 0 heterocycles. The van der Waals surface area contributed by atoms with Gasteiger partial charge in [0, 0.05) is 0 Å². The Morgan fingerprint density at radius 2 is 1.94 bits per heavy atom. The Balaban J connectivity index is 4.50. The summed E-state index contributed by atoms with van der Waals surface area (Å²) in [6.45, 7) is 3.23. The molecule has 0 aliphatic carbocycles. The minimum Gasteiger partial charge on any atom is -0.480 e. The van der Waals surface area contributed by atoms with Gasteiger partial charge in [0.15, 0.2) is 0 Å². The third-order valence-corrected chi connectivity index (χ3v) is 2.70. The summed E-state index contributed by atoms with van der Waals surface area (Å²) in [4.78, 5) is 21.6. The Labute approximate surface area is 99.5 Å². The highest BCUT2D eigenvalue weighted by Crippen LogP contribution is 1.98. The van der Waals surface area contributed by atoms with Gasteiger partial charge in [-0.05, 0) is 13.3 Å². The fraction of sp³-hybridized carbons (Fsp3) is 0.750. The van der Waals surface area contributed by atoms with E-state index >= 15 is 0 Å². The van der Waals surface area contributed by atoms with E-state index in [0.717, 1.165) is 0 Å². The molecule has 0 aromatic heterocycles. The highest BCUT2D eigenvalue weighted by atomic mass is 32.2. The molecule has 0 spiro atoms. The maximum atomic E-state index is 11.3. The van der Waals surface area contributed by atoms with Crippen molar-refractivity contribution in [3.05, 3.63) is 0 Å². The molecule has 3 N–H and O–H groups in total. The second-order valence-corrected chi connectivity index (χ2v) is 4.57. The second-order valence-electron chi connectivity index (χ2n) is 3.12. The Bertz CT molecular complexity index is 366. The Hall–Kier alpha value is -1.35. The standard InChI is InChI=1S/C8H16N2O6S/c1-3-5-6(7(11)12)9-17(14,15)10-8(13)16-4-2/h6,9H,3-5H2,1-2H3,(H,10,13)(H,11,12)/t6-/m1/s1. The van der Waals surface area contributed by atoms with E-state index in [1.165, 1.54) is 11.6 Å². The Kier molecular flexibility index (Phi) is 6.51. The number of carboxylic acids is 1. The lowest BCUT2D eigenvalue weighted by Gasteiger charge is -2.13. The molecule has 1 atom stereocenters. The van der Waals surface area contributed by atoms with Crippen LogP contribution in [0, 0.1) is 0 Å². The molecular formula is C8H16N2O6S. The van der Waals surface area contributed by atoms with Gasteiger partial charge in [-0.25, -0.2) is 9.52 Å². The average molecular weight is 268 g/mol. The van der Waals surface area contributed by atoms with Crippen molar-refractivity contribution in [1.82, 2.24) is 9.44 Å². The zero-order chi connectivity index (χ0) is 13.5. The van der Waals surface area contributed by atoms with E-state index < -0.39 is 28.3 Å². The summed E-state index contributed by atoms with van der Waals surface area (Å²) >= 11 is 0. The number of carboxylic acid groups (broad SMARTS) is 1. The van der Waals surface area contributed by atoms with Crippen LogP contribution in [0.4, 0.5) is 4.79 Å². The summed E-state index contributed by atoms with van der Waals surface area (Å²) in [5.74, 6) is -1.30. The molecule has 0 aromatic rings. The minimum absolute atomic E-state index is 0.0126. The maximum Gasteiger partial charge on any atom is 0.421 e. The smallest absolute Gasteiger partial charge is 0.421 e. The van der Waals surface area contributed by atoms with E-state index in [-0.39, 0.29) is 13.0 Å². The molecule has 8 nitrogen and oxygen atoms in total. The number of hydrogen-bond acceptors (Lipinski definition) is 5. The van der Waals surface area contributed by atoms with Crippen LogP contribution >= 0.6 is 0 Å². The first kappa shape index (κ1) is 15.7. The molecular weight excluding hydrogens is 252 g/mol. The molecule has 100 valence electrons. The fourth-order valence-electron chi connectivity index (χ4n) is 1.01. The summed E-state index contributed by atoms with van der Waals surface area (Å²) in [7, 11) is -4.22. The lowest BCUT2D eigenvalue weighted by atomic mass is 10.2. The Morgan fingerprint density at radius 1 is 1.35 bits per heavy atom. The van der Waals surface area contributed by atoms with E-state index in [0.29, 0.717) is 6.42 Å². The molecule has 0 aromatic carbocycles. The van der Waals surface area contributed by atoms with Crippen LogP contribution in [-0.4, -0.2) is 38.2 Å². The molecule has 1 amide bonds. The predicted octanol–water partition coefficient (Wildman–Crippen LogP) is -0.180. The van der Waals surface area contributed by atoms with Crippen molar-refractivity contribution >= 4 is 22.3 Å². The van der Waals surface area contributed by atoms with E-state index in [2.05, 4.69) is 4.74 Å². The van der Waals surface area contributed by atoms with Crippen LogP contribution in [0.1, 0.15) is 26.7 Å². The van der Waals surface area contributed by atoms with Gasteiger partial charge in [0.05, 0.1) is 6.61 Å². The van der Waals surface area contributed by atoms with Crippen LogP contribution in [0.15, 0.2) is 0 Å². The normalized spacial score (nSPS) is 12.8. The number of rotatable bonds is 7. The lowest BCUT2D eigenvalue weighted by molar-refractivity contribution is -0.139. The van der Waals surface area contributed by atoms with Crippen LogP contribution in [-0.2, 0) is 19.7 Å². The fourth-order valence-corrected chi connectivity index (χ4v) is 1.94. The monoisotopic (exact) mass is 268 g/mol. The van der Waals surface area contributed by atoms with Crippen LogP contribution in [0.25, 0.3) is 0 Å². The van der Waals surface area contributed by atoms with Crippen molar-refractivity contribution in [2.75, 3.05) is 6.61 Å². The molecule has 9 heteroatoms. The molecule has 0 unspecified atom stereocenters. The number of carbonyl (C=O) groups excluding carboxylic acids is 1. The number of aliphatic carboxylic acids is 1. The first-order valence-corrected chi connectivity index (χ1v) is 6.50.